The van der Waals surface area contributed by atoms with Crippen LogP contribution in [0.1, 0.15) is 31.3 Å². The van der Waals surface area contributed by atoms with Crippen LogP contribution in [0.4, 0.5) is 0 Å². The van der Waals surface area contributed by atoms with Crippen molar-refractivity contribution in [3.05, 3.63) is 30.0 Å². The van der Waals surface area contributed by atoms with E-state index in [2.05, 4.69) is 15.7 Å². The Kier molecular flexibility index (Phi) is 7.62. The van der Waals surface area contributed by atoms with Crippen molar-refractivity contribution in [3.63, 3.8) is 0 Å². The summed E-state index contributed by atoms with van der Waals surface area (Å²) in [5.74, 6) is 0.0340. The maximum atomic E-state index is 13.2. The Balaban J connectivity index is 1.84. The first-order valence-electron chi connectivity index (χ1n) is 10.8. The Bertz CT molecular complexity index is 1050. The highest BCUT2D eigenvalue weighted by atomic mass is 32.2. The van der Waals surface area contributed by atoms with E-state index in [4.69, 9.17) is 5.73 Å². The number of hydrogen-bond donors (Lipinski definition) is 3. The molecule has 0 aliphatic carbocycles. The SMILES string of the molecule is CC(C)(C)C(NC(=O)c1nn(CC(=O)N2CCSCC2)c2ccccc12)C(=O)NCC(N)=O. The van der Waals surface area contributed by atoms with Gasteiger partial charge in [-0.15, -0.1) is 0 Å². The van der Waals surface area contributed by atoms with Gasteiger partial charge in [-0.05, 0) is 11.5 Å². The molecule has 0 radical (unpaired) electrons. The zero-order chi connectivity index (χ0) is 24.2. The van der Waals surface area contributed by atoms with Crippen LogP contribution in [0.3, 0.4) is 0 Å². The highest BCUT2D eigenvalue weighted by Gasteiger charge is 2.34. The minimum atomic E-state index is -0.930. The van der Waals surface area contributed by atoms with Gasteiger partial charge in [-0.1, -0.05) is 39.0 Å². The van der Waals surface area contributed by atoms with Crippen molar-refractivity contribution in [2.24, 2.45) is 11.1 Å². The first kappa shape index (κ1) is 24.6. The van der Waals surface area contributed by atoms with Gasteiger partial charge in [-0.3, -0.25) is 23.9 Å². The van der Waals surface area contributed by atoms with Gasteiger partial charge in [0.25, 0.3) is 5.91 Å². The maximum absolute atomic E-state index is 13.2. The third-order valence-corrected chi connectivity index (χ3v) is 6.30. The summed E-state index contributed by atoms with van der Waals surface area (Å²) in [5.41, 5.74) is 5.26. The van der Waals surface area contributed by atoms with Crippen LogP contribution in [0.5, 0.6) is 0 Å². The molecule has 2 aromatic rings. The van der Waals surface area contributed by atoms with E-state index in [1.54, 1.807) is 39.0 Å². The van der Waals surface area contributed by atoms with Crippen molar-refractivity contribution in [2.45, 2.75) is 33.4 Å². The van der Waals surface area contributed by atoms with Crippen LogP contribution < -0.4 is 16.4 Å². The van der Waals surface area contributed by atoms with Gasteiger partial charge >= 0.3 is 0 Å². The molecule has 1 atom stereocenters. The van der Waals surface area contributed by atoms with Gasteiger partial charge < -0.3 is 21.3 Å². The minimum Gasteiger partial charge on any atom is -0.368 e. The summed E-state index contributed by atoms with van der Waals surface area (Å²) in [7, 11) is 0. The smallest absolute Gasteiger partial charge is 0.273 e. The summed E-state index contributed by atoms with van der Waals surface area (Å²) in [6.07, 6.45) is 0. The predicted molar refractivity (Wildman–Crippen MR) is 127 cm³/mol. The second kappa shape index (κ2) is 10.2. The number of carbonyl (C=O) groups excluding carboxylic acids is 4. The summed E-state index contributed by atoms with van der Waals surface area (Å²) in [5, 5.41) is 10.2. The lowest BCUT2D eigenvalue weighted by molar-refractivity contribution is -0.131. The van der Waals surface area contributed by atoms with Crippen LogP contribution in [-0.4, -0.2) is 75.5 Å². The lowest BCUT2D eigenvalue weighted by Crippen LogP contribution is -2.54. The summed E-state index contributed by atoms with van der Waals surface area (Å²) < 4.78 is 1.54. The normalized spacial score (nSPS) is 15.2. The molecule has 1 fully saturated rings. The van der Waals surface area contributed by atoms with Gasteiger partial charge in [0, 0.05) is 30.0 Å². The van der Waals surface area contributed by atoms with E-state index in [1.807, 2.05) is 22.7 Å². The number of primary amides is 1. The van der Waals surface area contributed by atoms with Gasteiger partial charge in [-0.2, -0.15) is 16.9 Å². The molecule has 33 heavy (non-hydrogen) atoms. The minimum absolute atomic E-state index is 0.0280. The number of para-hydroxylation sites is 1. The number of carbonyl (C=O) groups is 4. The van der Waals surface area contributed by atoms with Crippen LogP contribution in [-0.2, 0) is 20.9 Å². The van der Waals surface area contributed by atoms with E-state index in [9.17, 15) is 19.2 Å². The highest BCUT2D eigenvalue weighted by Crippen LogP contribution is 2.23. The molecule has 10 nitrogen and oxygen atoms in total. The zero-order valence-corrected chi connectivity index (χ0v) is 19.9. The molecule has 1 aromatic heterocycles. The van der Waals surface area contributed by atoms with Crippen LogP contribution in [0.2, 0.25) is 0 Å². The summed E-state index contributed by atoms with van der Waals surface area (Å²) in [6, 6.07) is 6.24. The lowest BCUT2D eigenvalue weighted by Gasteiger charge is -2.30. The van der Waals surface area contributed by atoms with Crippen molar-refractivity contribution in [2.75, 3.05) is 31.1 Å². The van der Waals surface area contributed by atoms with Crippen LogP contribution in [0.15, 0.2) is 24.3 Å². The molecule has 1 unspecified atom stereocenters. The number of nitrogens with one attached hydrogen (secondary N) is 2. The van der Waals surface area contributed by atoms with E-state index in [0.29, 0.717) is 24.0 Å². The summed E-state index contributed by atoms with van der Waals surface area (Å²) >= 11 is 1.82. The van der Waals surface area contributed by atoms with Crippen LogP contribution in [0, 0.1) is 5.41 Å². The Hall–Kier alpha value is -3.08. The number of fused-ring (bicyclic) bond motifs is 1. The van der Waals surface area contributed by atoms with E-state index in [1.165, 1.54) is 4.68 Å². The van der Waals surface area contributed by atoms with Crippen molar-refractivity contribution in [3.8, 4) is 0 Å². The maximum Gasteiger partial charge on any atom is 0.273 e. The van der Waals surface area contributed by atoms with E-state index in [0.717, 1.165) is 11.5 Å². The van der Waals surface area contributed by atoms with Crippen molar-refractivity contribution < 1.29 is 19.2 Å². The first-order valence-corrected chi connectivity index (χ1v) is 11.9. The Labute approximate surface area is 196 Å². The lowest BCUT2D eigenvalue weighted by atomic mass is 9.86. The topological polar surface area (TPSA) is 139 Å². The molecule has 1 saturated heterocycles. The fourth-order valence-corrected chi connectivity index (χ4v) is 4.51. The highest BCUT2D eigenvalue weighted by molar-refractivity contribution is 7.99. The predicted octanol–water partition coefficient (Wildman–Crippen LogP) is 0.358. The van der Waals surface area contributed by atoms with Gasteiger partial charge in [0.2, 0.25) is 17.7 Å². The summed E-state index contributed by atoms with van der Waals surface area (Å²) in [4.78, 5) is 51.5. The molecular weight excluding hydrogens is 444 g/mol. The number of hydrogen-bond acceptors (Lipinski definition) is 6. The molecule has 2 heterocycles. The third kappa shape index (κ3) is 6.04. The van der Waals surface area contributed by atoms with Gasteiger partial charge in [0.05, 0.1) is 12.1 Å². The van der Waals surface area contributed by atoms with Crippen molar-refractivity contribution >= 4 is 46.3 Å². The molecule has 0 spiro atoms. The number of thioether (sulfide) groups is 1. The Morgan fingerprint density at radius 3 is 2.45 bits per heavy atom. The molecule has 4 amide bonds. The number of aromatic nitrogens is 2. The molecule has 1 aliphatic rings. The molecule has 0 saturated carbocycles. The van der Waals surface area contributed by atoms with E-state index >= 15 is 0 Å². The molecule has 3 rings (SSSR count). The molecule has 1 aromatic carbocycles. The quantitative estimate of drug-likeness (QED) is 0.529. The average molecular weight is 475 g/mol. The van der Waals surface area contributed by atoms with E-state index < -0.39 is 29.2 Å². The summed E-state index contributed by atoms with van der Waals surface area (Å²) in [6.45, 7) is 6.50. The van der Waals surface area contributed by atoms with Crippen molar-refractivity contribution in [1.29, 1.82) is 0 Å². The second-order valence-corrected chi connectivity index (χ2v) is 10.2. The van der Waals surface area contributed by atoms with Gasteiger partial charge in [0.1, 0.15) is 12.6 Å². The van der Waals surface area contributed by atoms with Gasteiger partial charge in [-0.25, -0.2) is 0 Å². The van der Waals surface area contributed by atoms with E-state index in [-0.39, 0.29) is 24.7 Å². The Morgan fingerprint density at radius 1 is 1.15 bits per heavy atom. The van der Waals surface area contributed by atoms with Crippen LogP contribution in [0.25, 0.3) is 10.9 Å². The molecule has 178 valence electrons. The second-order valence-electron chi connectivity index (χ2n) is 8.97. The third-order valence-electron chi connectivity index (χ3n) is 5.36. The largest absolute Gasteiger partial charge is 0.368 e. The molecule has 4 N–H and O–H groups in total. The molecular formula is C22H30N6O4S. The number of nitrogens with two attached hydrogens (primary N) is 1. The molecule has 11 heteroatoms. The fraction of sp³-hybridized carbons (Fsp3) is 0.500. The fourth-order valence-electron chi connectivity index (χ4n) is 3.61. The standard InChI is InChI=1S/C22H30N6O4S/c1-22(2,3)19(21(32)24-12-16(23)29)25-20(31)18-14-6-4-5-7-15(14)28(26-18)13-17(30)27-8-10-33-11-9-27/h4-7,19H,8-13H2,1-3H3,(H2,23,29)(H,24,32)(H,25,31). The van der Waals surface area contributed by atoms with Crippen LogP contribution >= 0.6 is 11.8 Å². The number of nitrogens with zero attached hydrogens (tertiary/aromatic N) is 3. The van der Waals surface area contributed by atoms with Gasteiger partial charge in [0.15, 0.2) is 5.69 Å². The Morgan fingerprint density at radius 2 is 1.82 bits per heavy atom. The number of benzene rings is 1. The monoisotopic (exact) mass is 474 g/mol. The molecule has 1 aliphatic heterocycles. The first-order chi connectivity index (χ1) is 15.6. The molecule has 0 bridgehead atoms. The zero-order valence-electron chi connectivity index (χ0n) is 19.1. The number of rotatable bonds is 7. The number of amides is 4. The van der Waals surface area contributed by atoms with Crippen molar-refractivity contribution in [1.82, 2.24) is 25.3 Å². The average Bonchev–Trinajstić information content (AvgIpc) is 3.14.